The average Bonchev–Trinajstić information content (AvgIpc) is 2.30. The molecule has 0 radical (unpaired) electrons. The van der Waals surface area contributed by atoms with Crippen LogP contribution in [-0.4, -0.2) is 36.0 Å². The molecular weight excluding hydrogens is 152 g/mol. The summed E-state index contributed by atoms with van der Waals surface area (Å²) in [6, 6.07) is 1.21. The van der Waals surface area contributed by atoms with Crippen molar-refractivity contribution < 1.29 is 4.79 Å². The van der Waals surface area contributed by atoms with Crippen LogP contribution in [0, 0.1) is 0 Å². The van der Waals surface area contributed by atoms with Crippen LogP contribution in [-0.2, 0) is 4.79 Å². The molecule has 0 spiro atoms. The first-order valence-corrected chi connectivity index (χ1v) is 4.78. The van der Waals surface area contributed by atoms with E-state index in [9.17, 15) is 4.79 Å². The molecule has 1 saturated carbocycles. The van der Waals surface area contributed by atoms with Gasteiger partial charge in [-0.25, -0.2) is 0 Å². The van der Waals surface area contributed by atoms with Crippen molar-refractivity contribution in [3.05, 3.63) is 0 Å². The zero-order chi connectivity index (χ0) is 8.55. The Kier molecular flexibility index (Phi) is 2.05. The van der Waals surface area contributed by atoms with Crippen molar-refractivity contribution in [3.8, 4) is 0 Å². The molecule has 0 aromatic heterocycles. The van der Waals surface area contributed by atoms with Gasteiger partial charge in [-0.1, -0.05) is 0 Å². The summed E-state index contributed by atoms with van der Waals surface area (Å²) < 4.78 is 0. The van der Waals surface area contributed by atoms with E-state index < -0.39 is 0 Å². The van der Waals surface area contributed by atoms with Gasteiger partial charge in [0.05, 0.1) is 0 Å². The second-order valence-corrected chi connectivity index (χ2v) is 3.83. The fraction of sp³-hybridized carbons (Fsp3) is 0.889. The topological polar surface area (TPSA) is 32.3 Å². The molecule has 1 aliphatic heterocycles. The Labute approximate surface area is 73.1 Å². The summed E-state index contributed by atoms with van der Waals surface area (Å²) in [6.45, 7) is 3.55. The first-order valence-electron chi connectivity index (χ1n) is 4.78. The fourth-order valence-electron chi connectivity index (χ4n) is 2.41. The van der Waals surface area contributed by atoms with Gasteiger partial charge < -0.3 is 10.2 Å². The molecule has 1 N–H and O–H groups in total. The Hall–Kier alpha value is -0.570. The van der Waals surface area contributed by atoms with Gasteiger partial charge in [0.2, 0.25) is 5.91 Å². The number of nitrogens with zero attached hydrogens (tertiary/aromatic N) is 1. The van der Waals surface area contributed by atoms with Crippen molar-refractivity contribution in [2.75, 3.05) is 13.1 Å². The maximum atomic E-state index is 11.2. The summed E-state index contributed by atoms with van der Waals surface area (Å²) in [5, 5.41) is 3.46. The lowest BCUT2D eigenvalue weighted by Gasteiger charge is -2.26. The van der Waals surface area contributed by atoms with Gasteiger partial charge in [-0.2, -0.15) is 0 Å². The van der Waals surface area contributed by atoms with Crippen molar-refractivity contribution in [2.24, 2.45) is 0 Å². The van der Waals surface area contributed by atoms with E-state index in [1.165, 1.54) is 19.3 Å². The molecule has 12 heavy (non-hydrogen) atoms. The average molecular weight is 168 g/mol. The van der Waals surface area contributed by atoms with E-state index in [1.54, 1.807) is 6.92 Å². The predicted octanol–water partition coefficient (Wildman–Crippen LogP) is 0.359. The van der Waals surface area contributed by atoms with Crippen molar-refractivity contribution in [2.45, 2.75) is 38.3 Å². The number of hydrogen-bond acceptors (Lipinski definition) is 2. The van der Waals surface area contributed by atoms with Gasteiger partial charge in [0, 0.05) is 32.1 Å². The molecule has 1 heterocycles. The predicted molar refractivity (Wildman–Crippen MR) is 46.8 cm³/mol. The molecule has 2 fully saturated rings. The van der Waals surface area contributed by atoms with Crippen LogP contribution in [0.3, 0.4) is 0 Å². The number of hydrogen-bond donors (Lipinski definition) is 1. The molecule has 2 bridgehead atoms. The molecule has 2 unspecified atom stereocenters. The first kappa shape index (κ1) is 8.05. The smallest absolute Gasteiger partial charge is 0.219 e. The van der Waals surface area contributed by atoms with Gasteiger partial charge in [0.1, 0.15) is 0 Å². The molecule has 1 aliphatic carbocycles. The van der Waals surface area contributed by atoms with E-state index >= 15 is 0 Å². The standard InChI is InChI=1S/C9H16N2O/c1-7(12)11-5-4-10-8-2-3-9(11)6-8/h8-10H,2-6H2,1H3. The highest BCUT2D eigenvalue weighted by Crippen LogP contribution is 2.25. The minimum Gasteiger partial charge on any atom is -0.339 e. The van der Waals surface area contributed by atoms with Crippen molar-refractivity contribution in [3.63, 3.8) is 0 Å². The quantitative estimate of drug-likeness (QED) is 0.566. The third kappa shape index (κ3) is 1.33. The van der Waals surface area contributed by atoms with E-state index in [4.69, 9.17) is 0 Å². The molecule has 2 aliphatic rings. The zero-order valence-electron chi connectivity index (χ0n) is 7.55. The molecular formula is C9H16N2O. The molecule has 1 saturated heterocycles. The first-order chi connectivity index (χ1) is 5.77. The summed E-state index contributed by atoms with van der Waals surface area (Å²) in [5.41, 5.74) is 0. The third-order valence-corrected chi connectivity index (χ3v) is 3.04. The lowest BCUT2D eigenvalue weighted by atomic mass is 10.2. The normalized spacial score (nSPS) is 34.9. The van der Waals surface area contributed by atoms with Crippen LogP contribution in [0.1, 0.15) is 26.2 Å². The molecule has 3 nitrogen and oxygen atoms in total. The van der Waals surface area contributed by atoms with Gasteiger partial charge >= 0.3 is 0 Å². The number of amides is 1. The van der Waals surface area contributed by atoms with E-state index in [1.807, 2.05) is 4.90 Å². The second-order valence-electron chi connectivity index (χ2n) is 3.83. The number of fused-ring (bicyclic) bond motifs is 2. The third-order valence-electron chi connectivity index (χ3n) is 3.04. The van der Waals surface area contributed by atoms with Crippen LogP contribution >= 0.6 is 0 Å². The highest BCUT2D eigenvalue weighted by Gasteiger charge is 2.32. The van der Waals surface area contributed by atoms with Gasteiger partial charge in [-0.15, -0.1) is 0 Å². The largest absolute Gasteiger partial charge is 0.339 e. The Balaban J connectivity index is 2.08. The Morgan fingerprint density at radius 3 is 3.08 bits per heavy atom. The summed E-state index contributed by atoms with van der Waals surface area (Å²) in [5.74, 6) is 0.240. The number of carbonyl (C=O) groups is 1. The zero-order valence-corrected chi connectivity index (χ0v) is 7.55. The van der Waals surface area contributed by atoms with E-state index in [-0.39, 0.29) is 5.91 Å². The second kappa shape index (κ2) is 3.05. The van der Waals surface area contributed by atoms with Gasteiger partial charge in [-0.05, 0) is 19.3 Å². The van der Waals surface area contributed by atoms with E-state index in [0.29, 0.717) is 12.1 Å². The molecule has 2 rings (SSSR count). The molecule has 0 aromatic carbocycles. The van der Waals surface area contributed by atoms with Crippen LogP contribution in [0.25, 0.3) is 0 Å². The van der Waals surface area contributed by atoms with Crippen LogP contribution in [0.15, 0.2) is 0 Å². The molecule has 0 aromatic rings. The number of rotatable bonds is 0. The minimum atomic E-state index is 0.240. The SMILES string of the molecule is CC(=O)N1CCNC2CCC1C2. The fourth-order valence-corrected chi connectivity index (χ4v) is 2.41. The monoisotopic (exact) mass is 168 g/mol. The van der Waals surface area contributed by atoms with E-state index in [2.05, 4.69) is 5.32 Å². The highest BCUT2D eigenvalue weighted by molar-refractivity contribution is 5.73. The Morgan fingerprint density at radius 1 is 1.50 bits per heavy atom. The van der Waals surface area contributed by atoms with Gasteiger partial charge in [0.25, 0.3) is 0 Å². The summed E-state index contributed by atoms with van der Waals surface area (Å²) in [4.78, 5) is 13.3. The van der Waals surface area contributed by atoms with Crippen molar-refractivity contribution in [1.82, 2.24) is 10.2 Å². The maximum absolute atomic E-state index is 11.2. The van der Waals surface area contributed by atoms with Crippen LogP contribution in [0.2, 0.25) is 0 Å². The van der Waals surface area contributed by atoms with Gasteiger partial charge in [0.15, 0.2) is 0 Å². The van der Waals surface area contributed by atoms with Crippen molar-refractivity contribution in [1.29, 1.82) is 0 Å². The highest BCUT2D eigenvalue weighted by atomic mass is 16.2. The molecule has 3 heteroatoms. The molecule has 2 atom stereocenters. The molecule has 1 amide bonds. The number of nitrogens with one attached hydrogen (secondary N) is 1. The Morgan fingerprint density at radius 2 is 2.33 bits per heavy atom. The summed E-state index contributed by atoms with van der Waals surface area (Å²) in [6.07, 6.45) is 3.60. The molecule has 68 valence electrons. The Bertz CT molecular complexity index is 193. The van der Waals surface area contributed by atoms with Crippen LogP contribution in [0.4, 0.5) is 0 Å². The lowest BCUT2D eigenvalue weighted by Crippen LogP contribution is -2.39. The van der Waals surface area contributed by atoms with Crippen molar-refractivity contribution >= 4 is 5.91 Å². The summed E-state index contributed by atoms with van der Waals surface area (Å²) in [7, 11) is 0. The maximum Gasteiger partial charge on any atom is 0.219 e. The van der Waals surface area contributed by atoms with Crippen LogP contribution in [0.5, 0.6) is 0 Å². The van der Waals surface area contributed by atoms with E-state index in [0.717, 1.165) is 13.1 Å². The lowest BCUT2D eigenvalue weighted by molar-refractivity contribution is -0.130. The minimum absolute atomic E-state index is 0.240. The summed E-state index contributed by atoms with van der Waals surface area (Å²) >= 11 is 0. The number of carbonyl (C=O) groups excluding carboxylic acids is 1. The van der Waals surface area contributed by atoms with Gasteiger partial charge in [-0.3, -0.25) is 4.79 Å². The van der Waals surface area contributed by atoms with Crippen LogP contribution < -0.4 is 5.32 Å².